The summed E-state index contributed by atoms with van der Waals surface area (Å²) in [4.78, 5) is 12.9. The predicted octanol–water partition coefficient (Wildman–Crippen LogP) is 2.14. The number of hydrogen-bond acceptors (Lipinski definition) is 3. The third-order valence-corrected chi connectivity index (χ3v) is 2.47. The Morgan fingerprint density at radius 1 is 1.35 bits per heavy atom. The average molecular weight is 236 g/mol. The van der Waals surface area contributed by atoms with E-state index in [4.69, 9.17) is 5.11 Å². The lowest BCUT2D eigenvalue weighted by Crippen LogP contribution is -2.14. The van der Waals surface area contributed by atoms with Gasteiger partial charge in [-0.05, 0) is 51.7 Å². The molecule has 0 spiro atoms. The van der Waals surface area contributed by atoms with Crippen molar-refractivity contribution >= 4 is 11.7 Å². The SMILES string of the molecule is CN(C)CCCCNc1cccc(C(=O)O)c1. The van der Waals surface area contributed by atoms with Crippen molar-refractivity contribution < 1.29 is 9.90 Å². The average Bonchev–Trinajstić information content (AvgIpc) is 2.28. The van der Waals surface area contributed by atoms with E-state index in [1.54, 1.807) is 18.2 Å². The minimum Gasteiger partial charge on any atom is -0.478 e. The van der Waals surface area contributed by atoms with Gasteiger partial charge in [-0.2, -0.15) is 0 Å². The van der Waals surface area contributed by atoms with Gasteiger partial charge in [0.05, 0.1) is 5.56 Å². The molecule has 4 nitrogen and oxygen atoms in total. The summed E-state index contributed by atoms with van der Waals surface area (Å²) in [7, 11) is 4.12. The lowest BCUT2D eigenvalue weighted by molar-refractivity contribution is 0.0697. The van der Waals surface area contributed by atoms with E-state index >= 15 is 0 Å². The highest BCUT2D eigenvalue weighted by Gasteiger charge is 2.02. The number of hydrogen-bond donors (Lipinski definition) is 2. The molecular weight excluding hydrogens is 216 g/mol. The molecule has 0 aromatic heterocycles. The van der Waals surface area contributed by atoms with Crippen LogP contribution in [0.4, 0.5) is 5.69 Å². The predicted molar refractivity (Wildman–Crippen MR) is 69.7 cm³/mol. The van der Waals surface area contributed by atoms with Gasteiger partial charge in [-0.3, -0.25) is 0 Å². The second kappa shape index (κ2) is 6.91. The third-order valence-electron chi connectivity index (χ3n) is 2.47. The van der Waals surface area contributed by atoms with Crippen molar-refractivity contribution in [3.63, 3.8) is 0 Å². The molecule has 0 fully saturated rings. The summed E-state index contributed by atoms with van der Waals surface area (Å²) in [6.45, 7) is 1.95. The van der Waals surface area contributed by atoms with E-state index in [0.29, 0.717) is 5.56 Å². The molecule has 2 N–H and O–H groups in total. The summed E-state index contributed by atoms with van der Waals surface area (Å²) in [5.74, 6) is -0.888. The number of nitrogens with one attached hydrogen (secondary N) is 1. The van der Waals surface area contributed by atoms with Crippen LogP contribution in [0, 0.1) is 0 Å². The Kier molecular flexibility index (Phi) is 5.49. The quantitative estimate of drug-likeness (QED) is 0.712. The molecule has 17 heavy (non-hydrogen) atoms. The van der Waals surface area contributed by atoms with Gasteiger partial charge in [0.1, 0.15) is 0 Å². The van der Waals surface area contributed by atoms with E-state index in [-0.39, 0.29) is 0 Å². The number of benzene rings is 1. The maximum Gasteiger partial charge on any atom is 0.335 e. The van der Waals surface area contributed by atoms with Crippen LogP contribution in [0.25, 0.3) is 0 Å². The molecular formula is C13H20N2O2. The first-order valence-electron chi connectivity index (χ1n) is 5.81. The van der Waals surface area contributed by atoms with Crippen molar-refractivity contribution in [1.82, 2.24) is 4.90 Å². The van der Waals surface area contributed by atoms with Crippen LogP contribution in [0.3, 0.4) is 0 Å². The van der Waals surface area contributed by atoms with Crippen LogP contribution in [0.2, 0.25) is 0 Å². The Bertz CT molecular complexity index is 364. The molecule has 1 aromatic rings. The Hall–Kier alpha value is -1.55. The fraction of sp³-hybridized carbons (Fsp3) is 0.462. The van der Waals surface area contributed by atoms with Crippen LogP contribution in [0.15, 0.2) is 24.3 Å². The summed E-state index contributed by atoms with van der Waals surface area (Å²) in [5.41, 5.74) is 1.19. The summed E-state index contributed by atoms with van der Waals surface area (Å²) in [6.07, 6.45) is 2.22. The van der Waals surface area contributed by atoms with E-state index in [0.717, 1.165) is 31.6 Å². The van der Waals surface area contributed by atoms with Gasteiger partial charge >= 0.3 is 5.97 Å². The third kappa shape index (κ3) is 5.36. The smallest absolute Gasteiger partial charge is 0.335 e. The molecule has 0 saturated heterocycles. The van der Waals surface area contributed by atoms with Gasteiger partial charge in [-0.1, -0.05) is 6.07 Å². The zero-order chi connectivity index (χ0) is 12.7. The number of aromatic carboxylic acids is 1. The Morgan fingerprint density at radius 3 is 2.76 bits per heavy atom. The molecule has 0 bridgehead atoms. The Labute approximate surface area is 102 Å². The van der Waals surface area contributed by atoms with E-state index in [2.05, 4.69) is 24.3 Å². The summed E-state index contributed by atoms with van der Waals surface area (Å²) in [6, 6.07) is 6.90. The number of carbonyl (C=O) groups is 1. The number of carboxylic acids is 1. The van der Waals surface area contributed by atoms with Crippen molar-refractivity contribution in [3.05, 3.63) is 29.8 Å². The monoisotopic (exact) mass is 236 g/mol. The van der Waals surface area contributed by atoms with Crippen LogP contribution < -0.4 is 5.32 Å². The summed E-state index contributed by atoms with van der Waals surface area (Å²) in [5, 5.41) is 12.1. The normalized spacial score (nSPS) is 10.5. The van der Waals surface area contributed by atoms with Crippen molar-refractivity contribution in [3.8, 4) is 0 Å². The van der Waals surface area contributed by atoms with Crippen molar-refractivity contribution in [2.45, 2.75) is 12.8 Å². The standard InChI is InChI=1S/C13H20N2O2/c1-15(2)9-4-3-8-14-12-7-5-6-11(10-12)13(16)17/h5-7,10,14H,3-4,8-9H2,1-2H3,(H,16,17). The van der Waals surface area contributed by atoms with Crippen molar-refractivity contribution in [1.29, 1.82) is 0 Å². The zero-order valence-electron chi connectivity index (χ0n) is 10.4. The highest BCUT2D eigenvalue weighted by Crippen LogP contribution is 2.10. The molecule has 0 aliphatic heterocycles. The van der Waals surface area contributed by atoms with Gasteiger partial charge in [0.25, 0.3) is 0 Å². The van der Waals surface area contributed by atoms with E-state index in [1.807, 2.05) is 6.07 Å². The second-order valence-corrected chi connectivity index (χ2v) is 4.32. The van der Waals surface area contributed by atoms with Gasteiger partial charge in [0, 0.05) is 12.2 Å². The van der Waals surface area contributed by atoms with Crippen LogP contribution >= 0.6 is 0 Å². The van der Waals surface area contributed by atoms with Crippen molar-refractivity contribution in [2.75, 3.05) is 32.5 Å². The summed E-state index contributed by atoms with van der Waals surface area (Å²) < 4.78 is 0. The van der Waals surface area contributed by atoms with Crippen LogP contribution in [0.1, 0.15) is 23.2 Å². The van der Waals surface area contributed by atoms with Gasteiger partial charge in [-0.15, -0.1) is 0 Å². The number of rotatable bonds is 7. The highest BCUT2D eigenvalue weighted by atomic mass is 16.4. The number of nitrogens with zero attached hydrogens (tertiary/aromatic N) is 1. The fourth-order valence-electron chi connectivity index (χ4n) is 1.55. The number of carboxylic acid groups (broad SMARTS) is 1. The minimum atomic E-state index is -0.888. The van der Waals surface area contributed by atoms with E-state index in [9.17, 15) is 4.79 Å². The van der Waals surface area contributed by atoms with Crippen LogP contribution in [0.5, 0.6) is 0 Å². The molecule has 94 valence electrons. The highest BCUT2D eigenvalue weighted by molar-refractivity contribution is 5.88. The number of unbranched alkanes of at least 4 members (excludes halogenated alkanes) is 1. The minimum absolute atomic E-state index is 0.322. The topological polar surface area (TPSA) is 52.6 Å². The van der Waals surface area contributed by atoms with Gasteiger partial charge in [-0.25, -0.2) is 4.79 Å². The molecule has 0 aliphatic rings. The molecule has 0 atom stereocenters. The van der Waals surface area contributed by atoms with Crippen LogP contribution in [-0.4, -0.2) is 43.2 Å². The molecule has 0 heterocycles. The summed E-state index contributed by atoms with van der Waals surface area (Å²) >= 11 is 0. The fourth-order valence-corrected chi connectivity index (χ4v) is 1.55. The van der Waals surface area contributed by atoms with E-state index in [1.165, 1.54) is 0 Å². The van der Waals surface area contributed by atoms with Crippen molar-refractivity contribution in [2.24, 2.45) is 0 Å². The maximum atomic E-state index is 10.8. The second-order valence-electron chi connectivity index (χ2n) is 4.32. The van der Waals surface area contributed by atoms with Gasteiger partial charge < -0.3 is 15.3 Å². The molecule has 4 heteroatoms. The molecule has 1 rings (SSSR count). The maximum absolute atomic E-state index is 10.8. The molecule has 0 saturated carbocycles. The Morgan fingerprint density at radius 2 is 2.12 bits per heavy atom. The Balaban J connectivity index is 2.31. The first-order chi connectivity index (χ1) is 8.09. The number of anilines is 1. The van der Waals surface area contributed by atoms with Gasteiger partial charge in [0.2, 0.25) is 0 Å². The van der Waals surface area contributed by atoms with Crippen LogP contribution in [-0.2, 0) is 0 Å². The zero-order valence-corrected chi connectivity index (χ0v) is 10.4. The largest absolute Gasteiger partial charge is 0.478 e. The lowest BCUT2D eigenvalue weighted by atomic mass is 10.2. The molecule has 1 aromatic carbocycles. The molecule has 0 aliphatic carbocycles. The van der Waals surface area contributed by atoms with E-state index < -0.39 is 5.97 Å². The lowest BCUT2D eigenvalue weighted by Gasteiger charge is -2.10. The molecule has 0 amide bonds. The molecule has 0 radical (unpaired) electrons. The van der Waals surface area contributed by atoms with Gasteiger partial charge in [0.15, 0.2) is 0 Å². The first-order valence-corrected chi connectivity index (χ1v) is 5.81. The molecule has 0 unspecified atom stereocenters. The first kappa shape index (κ1) is 13.5.